The first-order valence-electron chi connectivity index (χ1n) is 5.17. The fourth-order valence-corrected chi connectivity index (χ4v) is 1.84. The van der Waals surface area contributed by atoms with Crippen LogP contribution in [-0.4, -0.2) is 14.2 Å². The fourth-order valence-electron chi connectivity index (χ4n) is 1.66. The Hall–Kier alpha value is -1.17. The topological polar surface area (TPSA) is 21.3 Å². The molecule has 0 aliphatic heterocycles. The van der Waals surface area contributed by atoms with Gasteiger partial charge in [-0.05, 0) is 31.7 Å². The highest BCUT2D eigenvalue weighted by atomic mass is 35.5. The molecule has 0 aliphatic carbocycles. The lowest BCUT2D eigenvalue weighted by molar-refractivity contribution is 0.399. The lowest BCUT2D eigenvalue weighted by Crippen LogP contribution is -2.17. The molecule has 1 unspecified atom stereocenters. The van der Waals surface area contributed by atoms with Crippen molar-refractivity contribution in [2.75, 3.05) is 14.2 Å². The normalized spacial score (nSPS) is 11.9. The third-order valence-corrected chi connectivity index (χ3v) is 2.73. The number of nitrogens with one attached hydrogen (secondary N) is 1. The van der Waals surface area contributed by atoms with Gasteiger partial charge in [-0.25, -0.2) is 0 Å². The van der Waals surface area contributed by atoms with Crippen LogP contribution in [0.4, 0.5) is 0 Å². The van der Waals surface area contributed by atoms with E-state index in [1.54, 1.807) is 7.11 Å². The van der Waals surface area contributed by atoms with Crippen LogP contribution in [0.2, 0.25) is 5.02 Å². The van der Waals surface area contributed by atoms with E-state index in [1.165, 1.54) is 0 Å². The van der Waals surface area contributed by atoms with Crippen molar-refractivity contribution in [3.63, 3.8) is 0 Å². The van der Waals surface area contributed by atoms with Gasteiger partial charge in [0.05, 0.1) is 7.11 Å². The standard InChI is InChI=1S/C13H16ClNO/c1-4-5-6-12(15-2)11-9-10(14)7-8-13(11)16-3/h1,7-9,12,15H,5-6H2,2-3H3. The number of halogens is 1. The summed E-state index contributed by atoms with van der Waals surface area (Å²) in [4.78, 5) is 0. The zero-order valence-electron chi connectivity index (χ0n) is 9.59. The molecule has 1 N–H and O–H groups in total. The second kappa shape index (κ2) is 6.42. The van der Waals surface area contributed by atoms with Crippen LogP contribution in [0.1, 0.15) is 24.4 Å². The molecule has 0 heterocycles. The summed E-state index contributed by atoms with van der Waals surface area (Å²) < 4.78 is 5.31. The van der Waals surface area contributed by atoms with E-state index >= 15 is 0 Å². The van der Waals surface area contributed by atoms with Gasteiger partial charge in [-0.15, -0.1) is 12.3 Å². The zero-order valence-corrected chi connectivity index (χ0v) is 10.3. The van der Waals surface area contributed by atoms with E-state index in [-0.39, 0.29) is 6.04 Å². The molecule has 1 rings (SSSR count). The van der Waals surface area contributed by atoms with Crippen LogP contribution >= 0.6 is 11.6 Å². The van der Waals surface area contributed by atoms with Gasteiger partial charge >= 0.3 is 0 Å². The van der Waals surface area contributed by atoms with Gasteiger partial charge in [-0.1, -0.05) is 11.6 Å². The van der Waals surface area contributed by atoms with Crippen molar-refractivity contribution in [2.45, 2.75) is 18.9 Å². The Morgan fingerprint density at radius 3 is 2.88 bits per heavy atom. The fraction of sp³-hybridized carbons (Fsp3) is 0.385. The van der Waals surface area contributed by atoms with Gasteiger partial charge in [0.2, 0.25) is 0 Å². The first-order valence-corrected chi connectivity index (χ1v) is 5.55. The highest BCUT2D eigenvalue weighted by molar-refractivity contribution is 6.30. The molecule has 1 aromatic carbocycles. The minimum absolute atomic E-state index is 0.171. The molecule has 3 heteroatoms. The van der Waals surface area contributed by atoms with Crippen molar-refractivity contribution in [2.24, 2.45) is 0 Å². The SMILES string of the molecule is C#CCCC(NC)c1cc(Cl)ccc1OC. The van der Waals surface area contributed by atoms with Gasteiger partial charge in [0.15, 0.2) is 0 Å². The van der Waals surface area contributed by atoms with Crippen molar-refractivity contribution in [1.29, 1.82) is 0 Å². The summed E-state index contributed by atoms with van der Waals surface area (Å²) in [6.07, 6.45) is 6.86. The van der Waals surface area contributed by atoms with E-state index in [0.717, 1.165) is 24.2 Å². The summed E-state index contributed by atoms with van der Waals surface area (Å²) in [6, 6.07) is 5.78. The third kappa shape index (κ3) is 3.16. The summed E-state index contributed by atoms with van der Waals surface area (Å²) in [5.41, 5.74) is 1.05. The van der Waals surface area contributed by atoms with E-state index in [2.05, 4.69) is 11.2 Å². The number of hydrogen-bond acceptors (Lipinski definition) is 2. The molecular weight excluding hydrogens is 222 g/mol. The van der Waals surface area contributed by atoms with Crippen LogP contribution in [0.25, 0.3) is 0 Å². The number of ether oxygens (including phenoxy) is 1. The molecule has 1 aromatic rings. The number of terminal acetylenes is 1. The molecular formula is C13H16ClNO. The predicted molar refractivity (Wildman–Crippen MR) is 67.9 cm³/mol. The summed E-state index contributed by atoms with van der Waals surface area (Å²) in [5, 5.41) is 3.93. The molecule has 0 saturated heterocycles. The molecule has 86 valence electrons. The van der Waals surface area contributed by atoms with Crippen molar-refractivity contribution in [3.8, 4) is 18.1 Å². The molecule has 1 atom stereocenters. The predicted octanol–water partition coefficient (Wildman–Crippen LogP) is 3.02. The number of rotatable bonds is 5. The largest absolute Gasteiger partial charge is 0.496 e. The number of methoxy groups -OCH3 is 1. The molecule has 0 saturated carbocycles. The van der Waals surface area contributed by atoms with Gasteiger partial charge in [-0.3, -0.25) is 0 Å². The first kappa shape index (κ1) is 12.9. The van der Waals surface area contributed by atoms with E-state index in [1.807, 2.05) is 25.2 Å². The summed E-state index contributed by atoms with van der Waals surface area (Å²) in [7, 11) is 3.56. The maximum Gasteiger partial charge on any atom is 0.123 e. The van der Waals surface area contributed by atoms with Crippen molar-refractivity contribution in [1.82, 2.24) is 5.32 Å². The molecule has 16 heavy (non-hydrogen) atoms. The first-order chi connectivity index (χ1) is 7.72. The van der Waals surface area contributed by atoms with Crippen molar-refractivity contribution >= 4 is 11.6 Å². The van der Waals surface area contributed by atoms with Gasteiger partial charge in [0, 0.05) is 23.0 Å². The Labute approximate surface area is 102 Å². The van der Waals surface area contributed by atoms with E-state index < -0.39 is 0 Å². The van der Waals surface area contributed by atoms with Gasteiger partial charge in [0.1, 0.15) is 5.75 Å². The van der Waals surface area contributed by atoms with Crippen LogP contribution in [0.15, 0.2) is 18.2 Å². The van der Waals surface area contributed by atoms with Crippen LogP contribution in [0.5, 0.6) is 5.75 Å². The van der Waals surface area contributed by atoms with Crippen LogP contribution in [-0.2, 0) is 0 Å². The van der Waals surface area contributed by atoms with Gasteiger partial charge in [-0.2, -0.15) is 0 Å². The molecule has 0 amide bonds. The second-order valence-electron chi connectivity index (χ2n) is 3.47. The van der Waals surface area contributed by atoms with Crippen molar-refractivity contribution in [3.05, 3.63) is 28.8 Å². The lowest BCUT2D eigenvalue weighted by Gasteiger charge is -2.18. The van der Waals surface area contributed by atoms with Crippen LogP contribution in [0, 0.1) is 12.3 Å². The molecule has 0 aromatic heterocycles. The smallest absolute Gasteiger partial charge is 0.123 e. The molecule has 0 spiro atoms. The Balaban J connectivity index is 2.98. The van der Waals surface area contributed by atoms with E-state index in [0.29, 0.717) is 5.02 Å². The summed E-state index contributed by atoms with van der Waals surface area (Å²) >= 11 is 5.99. The molecule has 2 nitrogen and oxygen atoms in total. The van der Waals surface area contributed by atoms with Gasteiger partial charge < -0.3 is 10.1 Å². The Bertz CT molecular complexity index is 384. The minimum atomic E-state index is 0.171. The highest BCUT2D eigenvalue weighted by Crippen LogP contribution is 2.30. The molecule has 0 bridgehead atoms. The average molecular weight is 238 g/mol. The Morgan fingerprint density at radius 1 is 1.56 bits per heavy atom. The van der Waals surface area contributed by atoms with Crippen LogP contribution in [0.3, 0.4) is 0 Å². The van der Waals surface area contributed by atoms with Gasteiger partial charge in [0.25, 0.3) is 0 Å². The molecule has 0 fully saturated rings. The second-order valence-corrected chi connectivity index (χ2v) is 3.91. The number of hydrogen-bond donors (Lipinski definition) is 1. The molecule has 0 aliphatic rings. The van der Waals surface area contributed by atoms with Crippen molar-refractivity contribution < 1.29 is 4.74 Å². The maximum absolute atomic E-state index is 5.99. The van der Waals surface area contributed by atoms with E-state index in [9.17, 15) is 0 Å². The zero-order chi connectivity index (χ0) is 12.0. The molecule has 0 radical (unpaired) electrons. The number of benzene rings is 1. The Morgan fingerprint density at radius 2 is 2.31 bits per heavy atom. The highest BCUT2D eigenvalue weighted by Gasteiger charge is 2.14. The third-order valence-electron chi connectivity index (χ3n) is 2.49. The summed E-state index contributed by atoms with van der Waals surface area (Å²) in [6.45, 7) is 0. The maximum atomic E-state index is 5.99. The minimum Gasteiger partial charge on any atom is -0.496 e. The summed E-state index contributed by atoms with van der Waals surface area (Å²) in [5.74, 6) is 3.47. The average Bonchev–Trinajstić information content (AvgIpc) is 2.30. The monoisotopic (exact) mass is 237 g/mol. The lowest BCUT2D eigenvalue weighted by atomic mass is 10.0. The quantitative estimate of drug-likeness (QED) is 0.795. The Kier molecular flexibility index (Phi) is 5.18. The van der Waals surface area contributed by atoms with E-state index in [4.69, 9.17) is 22.8 Å². The van der Waals surface area contributed by atoms with Crippen LogP contribution < -0.4 is 10.1 Å².